The average Bonchev–Trinajstić information content (AvgIpc) is 2.73. The molecule has 1 saturated heterocycles. The van der Waals surface area contributed by atoms with Gasteiger partial charge in [-0.3, -0.25) is 9.59 Å². The molecule has 0 spiro atoms. The number of carbonyl (C=O) groups excluding carboxylic acids is 2. The molecule has 0 saturated carbocycles. The number of carbonyl (C=O) groups is 2. The highest BCUT2D eigenvalue weighted by molar-refractivity contribution is 7.89. The molecule has 1 aromatic rings. The first kappa shape index (κ1) is 27.3. The summed E-state index contributed by atoms with van der Waals surface area (Å²) in [4.78, 5) is 29.1. The zero-order valence-electron chi connectivity index (χ0n) is 20.9. The summed E-state index contributed by atoms with van der Waals surface area (Å²) in [6, 6.07) is 4.99. The second-order valence-corrected chi connectivity index (χ2v) is 11.9. The largest absolute Gasteiger partial charge is 0.355 e. The van der Waals surface area contributed by atoms with E-state index >= 15 is 0 Å². The third-order valence-electron chi connectivity index (χ3n) is 6.12. The van der Waals surface area contributed by atoms with Crippen LogP contribution in [0, 0.1) is 25.2 Å². The Morgan fingerprint density at radius 2 is 1.76 bits per heavy atom. The number of nitrogens with zero attached hydrogens (tertiary/aromatic N) is 2. The third-order valence-corrected chi connectivity index (χ3v) is 7.58. The molecule has 1 aliphatic rings. The molecule has 0 atom stereocenters. The van der Waals surface area contributed by atoms with Crippen LogP contribution < -0.4 is 10.0 Å². The van der Waals surface area contributed by atoms with Gasteiger partial charge in [-0.15, -0.1) is 0 Å². The van der Waals surface area contributed by atoms with Gasteiger partial charge in [0.2, 0.25) is 21.8 Å². The smallest absolute Gasteiger partial charge is 0.240 e. The van der Waals surface area contributed by atoms with Crippen LogP contribution in [0.1, 0.15) is 44.2 Å². The lowest BCUT2D eigenvalue weighted by Crippen LogP contribution is -2.46. The quantitative estimate of drug-likeness (QED) is 0.533. The Morgan fingerprint density at radius 3 is 2.33 bits per heavy atom. The second-order valence-electron chi connectivity index (χ2n) is 10.2. The van der Waals surface area contributed by atoms with Gasteiger partial charge in [-0.25, -0.2) is 13.1 Å². The fourth-order valence-electron chi connectivity index (χ4n) is 4.19. The van der Waals surface area contributed by atoms with Crippen LogP contribution in [0.2, 0.25) is 0 Å². The maximum atomic E-state index is 12.6. The van der Waals surface area contributed by atoms with E-state index in [1.54, 1.807) is 23.1 Å². The molecule has 2 amide bonds. The summed E-state index contributed by atoms with van der Waals surface area (Å²) in [6.45, 7) is 10.6. The van der Waals surface area contributed by atoms with Crippen LogP contribution in [0.15, 0.2) is 23.1 Å². The molecule has 0 bridgehead atoms. The Morgan fingerprint density at radius 1 is 1.12 bits per heavy atom. The van der Waals surface area contributed by atoms with Crippen LogP contribution in [-0.4, -0.2) is 76.9 Å². The van der Waals surface area contributed by atoms with E-state index < -0.39 is 10.0 Å². The minimum absolute atomic E-state index is 0.0135. The van der Waals surface area contributed by atoms with Crippen molar-refractivity contribution >= 4 is 21.8 Å². The van der Waals surface area contributed by atoms with Gasteiger partial charge in [-0.1, -0.05) is 19.9 Å². The predicted octanol–water partition coefficient (Wildman–Crippen LogP) is 1.91. The topological polar surface area (TPSA) is 98.8 Å². The molecule has 0 aromatic heterocycles. The van der Waals surface area contributed by atoms with Crippen molar-refractivity contribution in [2.24, 2.45) is 11.3 Å². The maximum Gasteiger partial charge on any atom is 0.240 e. The molecule has 1 aliphatic heterocycles. The Hall–Kier alpha value is -1.97. The Labute approximate surface area is 199 Å². The summed E-state index contributed by atoms with van der Waals surface area (Å²) in [5, 5.41) is 3.07. The van der Waals surface area contributed by atoms with E-state index in [4.69, 9.17) is 0 Å². The lowest BCUT2D eigenvalue weighted by molar-refractivity contribution is -0.135. The van der Waals surface area contributed by atoms with E-state index in [-0.39, 0.29) is 41.0 Å². The van der Waals surface area contributed by atoms with Crippen LogP contribution >= 0.6 is 0 Å². The van der Waals surface area contributed by atoms with Crippen LogP contribution in [0.25, 0.3) is 0 Å². The number of benzene rings is 1. The van der Waals surface area contributed by atoms with Crippen molar-refractivity contribution in [1.29, 1.82) is 0 Å². The van der Waals surface area contributed by atoms with E-state index in [0.717, 1.165) is 17.7 Å². The summed E-state index contributed by atoms with van der Waals surface area (Å²) in [5.74, 6) is -0.133. The van der Waals surface area contributed by atoms with E-state index in [1.807, 2.05) is 27.9 Å². The van der Waals surface area contributed by atoms with Crippen LogP contribution in [-0.2, 0) is 19.6 Å². The zero-order valence-corrected chi connectivity index (χ0v) is 21.7. The van der Waals surface area contributed by atoms with Crippen molar-refractivity contribution in [3.63, 3.8) is 0 Å². The van der Waals surface area contributed by atoms with Gasteiger partial charge in [0.05, 0.1) is 4.90 Å². The van der Waals surface area contributed by atoms with Gasteiger partial charge >= 0.3 is 0 Å². The molecule has 2 rings (SSSR count). The molecule has 1 fully saturated rings. The SMILES string of the molecule is Cc1ccc(S(=O)(=O)NCCC(=O)N2CCC(C(=O)NCC(C)(C)CN(C)C)CC2)cc1C. The first-order chi connectivity index (χ1) is 15.3. The molecule has 1 aromatic carbocycles. The number of hydrogen-bond donors (Lipinski definition) is 2. The van der Waals surface area contributed by atoms with Gasteiger partial charge < -0.3 is 15.1 Å². The normalized spacial score (nSPS) is 15.7. The molecule has 1 heterocycles. The van der Waals surface area contributed by atoms with Crippen molar-refractivity contribution in [3.8, 4) is 0 Å². The van der Waals surface area contributed by atoms with Crippen molar-refractivity contribution in [2.45, 2.75) is 51.9 Å². The molecule has 2 N–H and O–H groups in total. The third kappa shape index (κ3) is 8.39. The molecule has 186 valence electrons. The predicted molar refractivity (Wildman–Crippen MR) is 130 cm³/mol. The number of amides is 2. The minimum Gasteiger partial charge on any atom is -0.355 e. The van der Waals surface area contributed by atoms with Crippen LogP contribution in [0.3, 0.4) is 0 Å². The Bertz CT molecular complexity index is 936. The molecule has 9 heteroatoms. The van der Waals surface area contributed by atoms with Crippen molar-refractivity contribution in [3.05, 3.63) is 29.3 Å². The van der Waals surface area contributed by atoms with Crippen molar-refractivity contribution < 1.29 is 18.0 Å². The van der Waals surface area contributed by atoms with Crippen LogP contribution in [0.5, 0.6) is 0 Å². The van der Waals surface area contributed by atoms with E-state index in [1.165, 1.54) is 0 Å². The van der Waals surface area contributed by atoms with Crippen molar-refractivity contribution in [1.82, 2.24) is 19.8 Å². The maximum absolute atomic E-state index is 12.6. The first-order valence-electron chi connectivity index (χ1n) is 11.6. The van der Waals surface area contributed by atoms with E-state index in [0.29, 0.717) is 32.5 Å². The molecule has 0 aliphatic carbocycles. The highest BCUT2D eigenvalue weighted by Gasteiger charge is 2.28. The number of hydrogen-bond acceptors (Lipinski definition) is 5. The second kappa shape index (κ2) is 11.4. The van der Waals surface area contributed by atoms with Gasteiger partial charge in [-0.2, -0.15) is 0 Å². The van der Waals surface area contributed by atoms with Crippen LogP contribution in [0.4, 0.5) is 0 Å². The number of likely N-dealkylation sites (tertiary alicyclic amines) is 1. The lowest BCUT2D eigenvalue weighted by Gasteiger charge is -2.33. The van der Waals surface area contributed by atoms with Gasteiger partial charge in [-0.05, 0) is 69.5 Å². The summed E-state index contributed by atoms with van der Waals surface area (Å²) in [5.41, 5.74) is 1.92. The van der Waals surface area contributed by atoms with Gasteiger partial charge in [0.1, 0.15) is 0 Å². The summed E-state index contributed by atoms with van der Waals surface area (Å²) >= 11 is 0. The molecular formula is C24H40N4O4S. The Balaban J connectivity index is 1.75. The number of nitrogens with one attached hydrogen (secondary N) is 2. The van der Waals surface area contributed by atoms with E-state index in [2.05, 4.69) is 28.8 Å². The minimum atomic E-state index is -3.65. The monoisotopic (exact) mass is 480 g/mol. The summed E-state index contributed by atoms with van der Waals surface area (Å²) in [7, 11) is 0.388. The standard InChI is InChI=1S/C24H40N4O4S/c1-18-7-8-21(15-19(18)2)33(31,32)26-12-9-22(29)28-13-10-20(11-14-28)23(30)25-16-24(3,4)17-27(5)6/h7-8,15,20,26H,9-14,16-17H2,1-6H3,(H,25,30). The number of rotatable bonds is 10. The van der Waals surface area contributed by atoms with Gasteiger partial charge in [0.25, 0.3) is 0 Å². The molecule has 0 radical (unpaired) electrons. The lowest BCUT2D eigenvalue weighted by atomic mass is 9.91. The van der Waals surface area contributed by atoms with Crippen molar-refractivity contribution in [2.75, 3.05) is 46.8 Å². The highest BCUT2D eigenvalue weighted by Crippen LogP contribution is 2.20. The summed E-state index contributed by atoms with van der Waals surface area (Å²) in [6.07, 6.45) is 1.35. The number of aryl methyl sites for hydroxylation is 2. The molecule has 0 unspecified atom stereocenters. The zero-order chi connectivity index (χ0) is 24.8. The fraction of sp³-hybridized carbons (Fsp3) is 0.667. The Kier molecular flexibility index (Phi) is 9.46. The fourth-order valence-corrected chi connectivity index (χ4v) is 5.31. The highest BCUT2D eigenvalue weighted by atomic mass is 32.2. The van der Waals surface area contributed by atoms with Gasteiger partial charge in [0, 0.05) is 45.1 Å². The number of piperidine rings is 1. The van der Waals surface area contributed by atoms with Gasteiger partial charge in [0.15, 0.2) is 0 Å². The first-order valence-corrected chi connectivity index (χ1v) is 13.1. The molecular weight excluding hydrogens is 440 g/mol. The van der Waals surface area contributed by atoms with E-state index in [9.17, 15) is 18.0 Å². The average molecular weight is 481 g/mol. The summed E-state index contributed by atoms with van der Waals surface area (Å²) < 4.78 is 27.5. The molecule has 33 heavy (non-hydrogen) atoms. The number of sulfonamides is 1. The molecule has 8 nitrogen and oxygen atoms in total.